The molecule has 1 heterocycles. The van der Waals surface area contributed by atoms with Crippen LogP contribution in [0.25, 0.3) is 5.57 Å². The summed E-state index contributed by atoms with van der Waals surface area (Å²) in [5.74, 6) is 1.38. The van der Waals surface area contributed by atoms with Gasteiger partial charge in [0.05, 0.1) is 18.7 Å². The highest BCUT2D eigenvalue weighted by Crippen LogP contribution is 2.37. The Labute approximate surface area is 198 Å². The summed E-state index contributed by atoms with van der Waals surface area (Å²) >= 11 is 0. The molecule has 0 bridgehead atoms. The van der Waals surface area contributed by atoms with Gasteiger partial charge in [0.2, 0.25) is 0 Å². The summed E-state index contributed by atoms with van der Waals surface area (Å²) in [5, 5.41) is 0. The molecule has 0 aromatic heterocycles. The Bertz CT molecular complexity index is 1060. The molecule has 3 nitrogen and oxygen atoms in total. The smallest absolute Gasteiger partial charge is 0.135 e. The van der Waals surface area contributed by atoms with Crippen LogP contribution in [0.2, 0.25) is 0 Å². The van der Waals surface area contributed by atoms with Gasteiger partial charge in [-0.15, -0.1) is 0 Å². The van der Waals surface area contributed by atoms with E-state index in [1.807, 2.05) is 0 Å². The normalized spacial score (nSPS) is 17.7. The Kier molecular flexibility index (Phi) is 7.74. The fourth-order valence-electron chi connectivity index (χ4n) is 4.42. The first-order chi connectivity index (χ1) is 16.2. The van der Waals surface area contributed by atoms with E-state index in [0.29, 0.717) is 12.5 Å². The van der Waals surface area contributed by atoms with Gasteiger partial charge in [-0.3, -0.25) is 4.99 Å². The predicted molar refractivity (Wildman–Crippen MR) is 138 cm³/mol. The van der Waals surface area contributed by atoms with E-state index in [0.717, 1.165) is 24.2 Å². The Hall–Kier alpha value is -3.17. The van der Waals surface area contributed by atoms with Crippen molar-refractivity contribution < 1.29 is 4.74 Å². The summed E-state index contributed by atoms with van der Waals surface area (Å²) in [6.45, 7) is 5.03. The highest BCUT2D eigenvalue weighted by atomic mass is 16.5. The average molecular weight is 439 g/mol. The summed E-state index contributed by atoms with van der Waals surface area (Å²) in [4.78, 5) is 7.74. The molecule has 3 aromatic rings. The van der Waals surface area contributed by atoms with E-state index in [2.05, 4.69) is 116 Å². The molecule has 170 valence electrons. The van der Waals surface area contributed by atoms with Gasteiger partial charge in [-0.2, -0.15) is 0 Å². The predicted octanol–water partition coefficient (Wildman–Crippen LogP) is 6.98. The number of allylic oxidation sites excluding steroid dienone is 1. The van der Waals surface area contributed by atoms with Gasteiger partial charge in [0.25, 0.3) is 0 Å². The van der Waals surface area contributed by atoms with Crippen LogP contribution in [-0.4, -0.2) is 30.5 Å². The lowest BCUT2D eigenvalue weighted by Crippen LogP contribution is -2.36. The monoisotopic (exact) mass is 438 g/mol. The quantitative estimate of drug-likeness (QED) is 0.293. The minimum atomic E-state index is 0.0807. The van der Waals surface area contributed by atoms with Gasteiger partial charge in [-0.05, 0) is 35.5 Å². The lowest BCUT2D eigenvalue weighted by molar-refractivity contribution is 0.164. The van der Waals surface area contributed by atoms with Crippen molar-refractivity contribution in [3.63, 3.8) is 0 Å². The summed E-state index contributed by atoms with van der Waals surface area (Å²) in [6, 6.07) is 32.4. The van der Waals surface area contributed by atoms with Crippen molar-refractivity contribution in [3.8, 4) is 0 Å². The number of amidine groups is 1. The van der Waals surface area contributed by atoms with Crippen LogP contribution >= 0.6 is 0 Å². The summed E-state index contributed by atoms with van der Waals surface area (Å²) in [7, 11) is 1.76. The molecule has 33 heavy (non-hydrogen) atoms. The van der Waals surface area contributed by atoms with Crippen molar-refractivity contribution >= 4 is 11.4 Å². The largest absolute Gasteiger partial charge is 0.382 e. The fraction of sp³-hybridized carbons (Fsp3) is 0.300. The van der Waals surface area contributed by atoms with E-state index >= 15 is 0 Å². The number of methoxy groups -OCH3 is 1. The van der Waals surface area contributed by atoms with E-state index in [1.54, 1.807) is 7.11 Å². The van der Waals surface area contributed by atoms with Crippen LogP contribution in [0, 0.1) is 5.92 Å². The van der Waals surface area contributed by atoms with E-state index in [1.165, 1.54) is 16.7 Å². The van der Waals surface area contributed by atoms with Gasteiger partial charge >= 0.3 is 0 Å². The molecular formula is C30H34N2O. The summed E-state index contributed by atoms with van der Waals surface area (Å²) < 4.78 is 5.55. The van der Waals surface area contributed by atoms with E-state index in [-0.39, 0.29) is 12.1 Å². The number of rotatable bonds is 7. The molecule has 0 amide bonds. The van der Waals surface area contributed by atoms with Gasteiger partial charge in [0.1, 0.15) is 5.84 Å². The van der Waals surface area contributed by atoms with E-state index in [4.69, 9.17) is 9.73 Å². The van der Waals surface area contributed by atoms with Gasteiger partial charge < -0.3 is 9.64 Å². The molecule has 0 radical (unpaired) electrons. The van der Waals surface area contributed by atoms with Crippen molar-refractivity contribution in [2.24, 2.45) is 10.9 Å². The maximum absolute atomic E-state index is 5.55. The third-order valence-corrected chi connectivity index (χ3v) is 6.32. The maximum Gasteiger partial charge on any atom is 0.135 e. The average Bonchev–Trinajstić information content (AvgIpc) is 2.87. The fourth-order valence-corrected chi connectivity index (χ4v) is 4.42. The minimum Gasteiger partial charge on any atom is -0.382 e. The zero-order valence-electron chi connectivity index (χ0n) is 19.9. The van der Waals surface area contributed by atoms with E-state index in [9.17, 15) is 0 Å². The number of nitrogens with zero attached hydrogens (tertiary/aromatic N) is 2. The van der Waals surface area contributed by atoms with Gasteiger partial charge in [-0.25, -0.2) is 0 Å². The molecule has 0 fully saturated rings. The van der Waals surface area contributed by atoms with Crippen molar-refractivity contribution in [2.45, 2.75) is 38.8 Å². The first kappa shape index (κ1) is 23.0. The van der Waals surface area contributed by atoms with Crippen molar-refractivity contribution in [1.29, 1.82) is 0 Å². The second kappa shape index (κ2) is 11.1. The lowest BCUT2D eigenvalue weighted by atomic mass is 9.90. The second-order valence-corrected chi connectivity index (χ2v) is 8.98. The molecule has 0 spiro atoms. The van der Waals surface area contributed by atoms with Crippen LogP contribution in [0.5, 0.6) is 0 Å². The van der Waals surface area contributed by atoms with Gasteiger partial charge in [0, 0.05) is 18.9 Å². The Morgan fingerprint density at radius 2 is 1.52 bits per heavy atom. The second-order valence-electron chi connectivity index (χ2n) is 8.98. The molecule has 0 aliphatic carbocycles. The molecule has 1 aliphatic heterocycles. The van der Waals surface area contributed by atoms with Crippen LogP contribution in [-0.2, 0) is 4.74 Å². The molecule has 1 aliphatic rings. The molecular weight excluding hydrogens is 404 g/mol. The first-order valence-electron chi connectivity index (χ1n) is 11.9. The standard InChI is InChI=1S/C30H34N2O/c1-23(2)28(22-33-3)31-30(26-17-11-6-12-18-26)32-21-27(24-13-7-4-8-14-24)19-20-29(32)25-15-9-5-10-16-25/h4-18,21,23,28-29H,19-20,22H2,1-3H3/t28-,29-/m0/s1. The maximum atomic E-state index is 5.55. The van der Waals surface area contributed by atoms with Crippen LogP contribution in [0.15, 0.2) is 102 Å². The molecule has 0 saturated carbocycles. The zero-order valence-corrected chi connectivity index (χ0v) is 19.9. The minimum absolute atomic E-state index is 0.0807. The molecule has 2 atom stereocenters. The first-order valence-corrected chi connectivity index (χ1v) is 11.9. The van der Waals surface area contributed by atoms with Gasteiger partial charge in [-0.1, -0.05) is 105 Å². The summed E-state index contributed by atoms with van der Waals surface area (Å²) in [5.41, 5.74) is 5.07. The SMILES string of the molecule is COC[C@H](N=C(c1ccccc1)N1C=C(c2ccccc2)CC[C@H]1c1ccccc1)C(C)C. The lowest BCUT2D eigenvalue weighted by Gasteiger charge is -2.37. The number of hydrogen-bond donors (Lipinski definition) is 0. The number of aliphatic imine (C=N–C) groups is 1. The van der Waals surface area contributed by atoms with Crippen molar-refractivity contribution in [2.75, 3.05) is 13.7 Å². The van der Waals surface area contributed by atoms with Crippen molar-refractivity contribution in [1.82, 2.24) is 4.90 Å². The Morgan fingerprint density at radius 1 is 0.909 bits per heavy atom. The summed E-state index contributed by atoms with van der Waals surface area (Å²) in [6.07, 6.45) is 4.40. The Balaban J connectivity index is 1.86. The van der Waals surface area contributed by atoms with Gasteiger partial charge in [0.15, 0.2) is 0 Å². The highest BCUT2D eigenvalue weighted by Gasteiger charge is 2.29. The van der Waals surface area contributed by atoms with Crippen molar-refractivity contribution in [3.05, 3.63) is 114 Å². The number of hydrogen-bond acceptors (Lipinski definition) is 2. The third kappa shape index (κ3) is 5.61. The third-order valence-electron chi connectivity index (χ3n) is 6.32. The molecule has 3 heteroatoms. The van der Waals surface area contributed by atoms with Crippen LogP contribution in [0.1, 0.15) is 49.4 Å². The Morgan fingerprint density at radius 3 is 2.12 bits per heavy atom. The molecule has 0 N–H and O–H groups in total. The number of ether oxygens (including phenoxy) is 1. The highest BCUT2D eigenvalue weighted by molar-refractivity contribution is 6.00. The molecule has 0 unspecified atom stereocenters. The zero-order chi connectivity index (χ0) is 23.0. The number of benzene rings is 3. The van der Waals surface area contributed by atoms with Crippen LogP contribution in [0.3, 0.4) is 0 Å². The molecule has 4 rings (SSSR count). The van der Waals surface area contributed by atoms with Crippen LogP contribution < -0.4 is 0 Å². The van der Waals surface area contributed by atoms with Crippen LogP contribution in [0.4, 0.5) is 0 Å². The molecule has 0 saturated heterocycles. The van der Waals surface area contributed by atoms with E-state index < -0.39 is 0 Å². The topological polar surface area (TPSA) is 24.8 Å². The molecule has 3 aromatic carbocycles.